The third kappa shape index (κ3) is 4.45. The second kappa shape index (κ2) is 9.93. The topological polar surface area (TPSA) is 81.4 Å². The fourth-order valence-electron chi connectivity index (χ4n) is 4.57. The molecule has 0 atom stereocenters. The van der Waals surface area contributed by atoms with Gasteiger partial charge < -0.3 is 0 Å². The number of aromatic amines is 1. The van der Waals surface area contributed by atoms with Gasteiger partial charge in [-0.05, 0) is 52.4 Å². The van der Waals surface area contributed by atoms with Gasteiger partial charge in [0.2, 0.25) is 5.82 Å². The maximum Gasteiger partial charge on any atom is 0.333 e. The first kappa shape index (κ1) is 22.5. The molecule has 1 N–H and O–H groups in total. The zero-order chi connectivity index (χ0) is 24.2. The maximum atomic E-state index is 13.6. The number of nitrogens with one attached hydrogen (secondary N) is 1. The zero-order valence-electron chi connectivity index (χ0n) is 20.0. The van der Waals surface area contributed by atoms with Crippen molar-refractivity contribution in [1.29, 1.82) is 0 Å². The van der Waals surface area contributed by atoms with Gasteiger partial charge in [0.15, 0.2) is 0 Å². The van der Waals surface area contributed by atoms with Crippen molar-refractivity contribution in [3.8, 4) is 28.2 Å². The molecule has 176 valence electrons. The Morgan fingerprint density at radius 1 is 0.914 bits per heavy atom. The molecule has 2 heterocycles. The summed E-state index contributed by atoms with van der Waals surface area (Å²) in [6.07, 6.45) is 4.65. The Morgan fingerprint density at radius 3 is 2.46 bits per heavy atom. The van der Waals surface area contributed by atoms with Crippen LogP contribution in [0, 0.1) is 0 Å². The lowest BCUT2D eigenvalue weighted by Gasteiger charge is -2.12. The normalized spacial score (nSPS) is 11.1. The summed E-state index contributed by atoms with van der Waals surface area (Å²) < 4.78 is 3.68. The highest BCUT2D eigenvalue weighted by Crippen LogP contribution is 2.31. The number of nitrogens with zero attached hydrogens (tertiary/aromatic N) is 5. The number of hydrogen-bond acceptors (Lipinski definition) is 4. The third-order valence-corrected chi connectivity index (χ3v) is 6.30. The minimum Gasteiger partial charge on any atom is -0.292 e. The smallest absolute Gasteiger partial charge is 0.292 e. The molecular formula is C28H28N6O. The van der Waals surface area contributed by atoms with Gasteiger partial charge in [-0.15, -0.1) is 10.2 Å². The lowest BCUT2D eigenvalue weighted by atomic mass is 9.97. The van der Waals surface area contributed by atoms with Crippen LogP contribution >= 0.6 is 0 Å². The molecule has 7 heteroatoms. The van der Waals surface area contributed by atoms with E-state index < -0.39 is 0 Å². The molecule has 0 fully saturated rings. The van der Waals surface area contributed by atoms with E-state index in [0.717, 1.165) is 58.5 Å². The summed E-state index contributed by atoms with van der Waals surface area (Å²) >= 11 is 0. The van der Waals surface area contributed by atoms with E-state index in [9.17, 15) is 4.79 Å². The van der Waals surface area contributed by atoms with Crippen molar-refractivity contribution in [3.63, 3.8) is 0 Å². The second-order valence-electron chi connectivity index (χ2n) is 8.57. The predicted octanol–water partition coefficient (Wildman–Crippen LogP) is 5.05. The summed E-state index contributed by atoms with van der Waals surface area (Å²) in [5.74, 6) is 0.529. The average molecular weight is 465 g/mol. The van der Waals surface area contributed by atoms with Crippen molar-refractivity contribution in [3.05, 3.63) is 106 Å². The van der Waals surface area contributed by atoms with Gasteiger partial charge in [-0.1, -0.05) is 80.9 Å². The molecule has 7 nitrogen and oxygen atoms in total. The van der Waals surface area contributed by atoms with E-state index in [-0.39, 0.29) is 5.69 Å². The number of aromatic nitrogens is 6. The van der Waals surface area contributed by atoms with Crippen LogP contribution in [0.15, 0.2) is 83.8 Å². The molecular weight excluding hydrogens is 436 g/mol. The van der Waals surface area contributed by atoms with Crippen molar-refractivity contribution in [1.82, 2.24) is 29.8 Å². The van der Waals surface area contributed by atoms with Gasteiger partial charge in [0.05, 0.1) is 12.2 Å². The molecule has 3 aromatic carbocycles. The molecule has 0 saturated carbocycles. The van der Waals surface area contributed by atoms with Gasteiger partial charge in [-0.2, -0.15) is 5.21 Å². The number of tetrazole rings is 1. The zero-order valence-corrected chi connectivity index (χ0v) is 20.0. The number of hydrogen-bond donors (Lipinski definition) is 1. The van der Waals surface area contributed by atoms with E-state index >= 15 is 0 Å². The summed E-state index contributed by atoms with van der Waals surface area (Å²) in [7, 11) is 0. The first-order valence-electron chi connectivity index (χ1n) is 12.0. The Balaban J connectivity index is 1.59. The first-order valence-corrected chi connectivity index (χ1v) is 12.0. The van der Waals surface area contributed by atoms with E-state index in [0.29, 0.717) is 12.4 Å². The molecule has 0 saturated heterocycles. The van der Waals surface area contributed by atoms with Crippen LogP contribution in [0.3, 0.4) is 0 Å². The SMILES string of the molecule is CCCc1cn(-c2ccccc2CC)c(=O)n1Cc1ccc(-c2ccccc2)c(-c2nn[nH]n2)c1. The van der Waals surface area contributed by atoms with Crippen molar-refractivity contribution in [2.45, 2.75) is 39.7 Å². The summed E-state index contributed by atoms with van der Waals surface area (Å²) in [5.41, 5.74) is 7.08. The van der Waals surface area contributed by atoms with Crippen molar-refractivity contribution < 1.29 is 0 Å². The van der Waals surface area contributed by atoms with Crippen LogP contribution in [-0.2, 0) is 19.4 Å². The molecule has 0 aliphatic heterocycles. The highest BCUT2D eigenvalue weighted by molar-refractivity contribution is 5.80. The van der Waals surface area contributed by atoms with Crippen LogP contribution < -0.4 is 5.69 Å². The highest BCUT2D eigenvalue weighted by Gasteiger charge is 2.17. The molecule has 5 aromatic rings. The minimum atomic E-state index is -0.0254. The predicted molar refractivity (Wildman–Crippen MR) is 138 cm³/mol. The van der Waals surface area contributed by atoms with E-state index in [1.807, 2.05) is 47.2 Å². The van der Waals surface area contributed by atoms with Gasteiger partial charge in [-0.3, -0.25) is 9.13 Å². The molecule has 0 bridgehead atoms. The minimum absolute atomic E-state index is 0.0254. The molecule has 2 aromatic heterocycles. The van der Waals surface area contributed by atoms with E-state index in [1.165, 1.54) is 0 Å². The Morgan fingerprint density at radius 2 is 1.71 bits per heavy atom. The van der Waals surface area contributed by atoms with Crippen LogP contribution in [0.4, 0.5) is 0 Å². The van der Waals surface area contributed by atoms with E-state index in [2.05, 4.69) is 70.9 Å². The molecule has 0 radical (unpaired) electrons. The van der Waals surface area contributed by atoms with Gasteiger partial charge in [0.1, 0.15) is 0 Å². The number of para-hydroxylation sites is 1. The molecule has 0 spiro atoms. The van der Waals surface area contributed by atoms with Gasteiger partial charge in [0, 0.05) is 17.5 Å². The van der Waals surface area contributed by atoms with Crippen LogP contribution in [0.25, 0.3) is 28.2 Å². The first-order chi connectivity index (χ1) is 17.2. The average Bonchev–Trinajstić information content (AvgIpc) is 3.54. The number of aryl methyl sites for hydroxylation is 2. The van der Waals surface area contributed by atoms with Crippen molar-refractivity contribution in [2.24, 2.45) is 0 Å². The fraction of sp³-hybridized carbons (Fsp3) is 0.214. The fourth-order valence-corrected chi connectivity index (χ4v) is 4.57. The second-order valence-corrected chi connectivity index (χ2v) is 8.57. The van der Waals surface area contributed by atoms with Crippen molar-refractivity contribution in [2.75, 3.05) is 0 Å². The van der Waals surface area contributed by atoms with Crippen molar-refractivity contribution >= 4 is 0 Å². The number of rotatable bonds is 8. The third-order valence-electron chi connectivity index (χ3n) is 6.30. The molecule has 0 aliphatic carbocycles. The molecule has 35 heavy (non-hydrogen) atoms. The largest absolute Gasteiger partial charge is 0.333 e. The molecule has 5 rings (SSSR count). The lowest BCUT2D eigenvalue weighted by Crippen LogP contribution is -2.25. The van der Waals surface area contributed by atoms with Crippen LogP contribution in [-0.4, -0.2) is 29.8 Å². The quantitative estimate of drug-likeness (QED) is 0.348. The van der Waals surface area contributed by atoms with E-state index in [4.69, 9.17) is 0 Å². The Labute approximate surface area is 204 Å². The molecule has 0 amide bonds. The van der Waals surface area contributed by atoms with Gasteiger partial charge in [0.25, 0.3) is 0 Å². The highest BCUT2D eigenvalue weighted by atomic mass is 16.1. The number of benzene rings is 3. The van der Waals surface area contributed by atoms with Crippen LogP contribution in [0.1, 0.15) is 37.1 Å². The Kier molecular flexibility index (Phi) is 6.39. The molecule has 0 aliphatic rings. The van der Waals surface area contributed by atoms with Crippen LogP contribution in [0.2, 0.25) is 0 Å². The Hall–Kier alpha value is -4.26. The number of H-pyrrole nitrogens is 1. The monoisotopic (exact) mass is 464 g/mol. The maximum absolute atomic E-state index is 13.6. The summed E-state index contributed by atoms with van der Waals surface area (Å²) in [6, 6.07) is 24.5. The van der Waals surface area contributed by atoms with Gasteiger partial charge in [-0.25, -0.2) is 4.79 Å². The summed E-state index contributed by atoms with van der Waals surface area (Å²) in [5, 5.41) is 14.8. The summed E-state index contributed by atoms with van der Waals surface area (Å²) in [6.45, 7) is 4.71. The van der Waals surface area contributed by atoms with Gasteiger partial charge >= 0.3 is 5.69 Å². The lowest BCUT2D eigenvalue weighted by molar-refractivity contribution is 0.691. The van der Waals surface area contributed by atoms with E-state index in [1.54, 1.807) is 4.57 Å². The number of imidazole rings is 1. The Bertz CT molecular complexity index is 1480. The van der Waals surface area contributed by atoms with Crippen LogP contribution in [0.5, 0.6) is 0 Å². The summed E-state index contributed by atoms with van der Waals surface area (Å²) in [4.78, 5) is 13.6. The standard InChI is InChI=1S/C28H28N6O/c1-3-10-23-19-34(26-14-9-8-11-21(26)4-2)28(35)33(23)18-20-15-16-24(22-12-6-5-7-13-22)25(17-20)27-29-31-32-30-27/h5-9,11-17,19H,3-4,10,18H2,1-2H3,(H,29,30,31,32). The molecule has 0 unspecified atom stereocenters.